The second-order valence-corrected chi connectivity index (χ2v) is 7.94. The molecule has 0 spiro atoms. The van der Waals surface area contributed by atoms with Crippen LogP contribution < -0.4 is 14.4 Å². The number of fused-ring (bicyclic) bond motifs is 1. The second-order valence-electron chi connectivity index (χ2n) is 6.29. The fourth-order valence-electron chi connectivity index (χ4n) is 2.90. The predicted molar refractivity (Wildman–Crippen MR) is 96.7 cm³/mol. The van der Waals surface area contributed by atoms with Gasteiger partial charge in [-0.05, 0) is 37.6 Å². The molecule has 1 heterocycles. The first kappa shape index (κ1) is 19.1. The number of hydrogen-bond acceptors (Lipinski definition) is 5. The van der Waals surface area contributed by atoms with Gasteiger partial charge < -0.3 is 9.64 Å². The molecule has 1 aliphatic heterocycles. The number of anilines is 2. The summed E-state index contributed by atoms with van der Waals surface area (Å²) in [5.41, 5.74) is 0.677. The fourth-order valence-corrected chi connectivity index (χ4v) is 4.21. The molecular weight excluding hydrogens is 378 g/mol. The van der Waals surface area contributed by atoms with Crippen LogP contribution in [0, 0.1) is 18.6 Å². The van der Waals surface area contributed by atoms with Gasteiger partial charge in [0.2, 0.25) is 0 Å². The van der Waals surface area contributed by atoms with E-state index in [1.165, 1.54) is 13.0 Å². The summed E-state index contributed by atoms with van der Waals surface area (Å²) >= 11 is 0. The number of carbonyl (C=O) groups is 1. The number of nitrogens with one attached hydrogen (secondary N) is 1. The van der Waals surface area contributed by atoms with E-state index < -0.39 is 21.7 Å². The summed E-state index contributed by atoms with van der Waals surface area (Å²) in [6.07, 6.45) is 0. The van der Waals surface area contributed by atoms with Gasteiger partial charge in [-0.3, -0.25) is 9.52 Å². The Morgan fingerprint density at radius 1 is 1.26 bits per heavy atom. The Labute approximate surface area is 155 Å². The summed E-state index contributed by atoms with van der Waals surface area (Å²) in [5, 5.41) is 0. The van der Waals surface area contributed by atoms with E-state index in [9.17, 15) is 22.0 Å². The highest BCUT2D eigenvalue weighted by Crippen LogP contribution is 2.36. The van der Waals surface area contributed by atoms with Gasteiger partial charge in [-0.1, -0.05) is 0 Å². The number of ketones is 1. The molecule has 2 aromatic rings. The Bertz CT molecular complexity index is 1010. The van der Waals surface area contributed by atoms with Crippen LogP contribution in [0.4, 0.5) is 20.2 Å². The zero-order chi connectivity index (χ0) is 19.8. The van der Waals surface area contributed by atoms with Gasteiger partial charge in [0.1, 0.15) is 29.8 Å². The molecule has 9 heteroatoms. The van der Waals surface area contributed by atoms with E-state index in [-0.39, 0.29) is 22.9 Å². The molecule has 0 amide bonds. The predicted octanol–water partition coefficient (Wildman–Crippen LogP) is 2.86. The molecule has 6 nitrogen and oxygen atoms in total. The van der Waals surface area contributed by atoms with Gasteiger partial charge >= 0.3 is 0 Å². The molecule has 1 N–H and O–H groups in total. The number of Topliss-reactive ketones (excluding diaryl/α,β-unsaturated/α-hetero) is 1. The smallest absolute Gasteiger partial charge is 0.262 e. The van der Waals surface area contributed by atoms with Crippen molar-refractivity contribution in [2.45, 2.75) is 18.7 Å². The summed E-state index contributed by atoms with van der Waals surface area (Å²) in [5.74, 6) is -1.52. The Morgan fingerprint density at radius 2 is 2.00 bits per heavy atom. The highest BCUT2D eigenvalue weighted by atomic mass is 32.2. The van der Waals surface area contributed by atoms with Crippen LogP contribution in [0.2, 0.25) is 0 Å². The number of carbonyl (C=O) groups excluding carboxylic acids is 1. The molecule has 144 valence electrons. The lowest BCUT2D eigenvalue weighted by atomic mass is 10.1. The van der Waals surface area contributed by atoms with Crippen molar-refractivity contribution in [1.29, 1.82) is 0 Å². The molecule has 27 heavy (non-hydrogen) atoms. The SMILES string of the molecule is CC(=O)CN1CCOc2cc(S(=O)(=O)Nc3ccc(F)cc3F)c(C)cc21. The minimum absolute atomic E-state index is 0.0225. The number of benzene rings is 2. The second kappa shape index (κ2) is 7.15. The van der Waals surface area contributed by atoms with Crippen LogP contribution in [0.15, 0.2) is 35.2 Å². The maximum atomic E-state index is 13.8. The quantitative estimate of drug-likeness (QED) is 0.841. The third-order valence-electron chi connectivity index (χ3n) is 4.09. The van der Waals surface area contributed by atoms with Gasteiger partial charge in [0, 0.05) is 12.1 Å². The van der Waals surface area contributed by atoms with Crippen LogP contribution in [0.3, 0.4) is 0 Å². The van der Waals surface area contributed by atoms with Crippen molar-refractivity contribution in [3.8, 4) is 5.75 Å². The molecule has 2 aromatic carbocycles. The number of hydrogen-bond donors (Lipinski definition) is 1. The van der Waals surface area contributed by atoms with Gasteiger partial charge in [0.25, 0.3) is 10.0 Å². The maximum Gasteiger partial charge on any atom is 0.262 e. The molecule has 3 rings (SSSR count). The summed E-state index contributed by atoms with van der Waals surface area (Å²) in [6.45, 7) is 4.08. The van der Waals surface area contributed by atoms with Gasteiger partial charge in [-0.25, -0.2) is 17.2 Å². The van der Waals surface area contributed by atoms with Crippen LogP contribution in [-0.2, 0) is 14.8 Å². The van der Waals surface area contributed by atoms with Crippen LogP contribution in [0.25, 0.3) is 0 Å². The van der Waals surface area contributed by atoms with E-state index in [4.69, 9.17) is 4.74 Å². The average molecular weight is 396 g/mol. The molecule has 0 atom stereocenters. The number of aryl methyl sites for hydroxylation is 1. The minimum atomic E-state index is -4.13. The van der Waals surface area contributed by atoms with Crippen molar-refractivity contribution >= 4 is 27.2 Å². The molecular formula is C18H18F2N2O4S. The first-order valence-corrected chi connectivity index (χ1v) is 9.65. The summed E-state index contributed by atoms with van der Waals surface area (Å²) in [6, 6.07) is 5.54. The fraction of sp³-hybridized carbons (Fsp3) is 0.278. The molecule has 0 saturated heterocycles. The Hall–Kier alpha value is -2.68. The Morgan fingerprint density at radius 3 is 2.67 bits per heavy atom. The normalized spacial score (nSPS) is 13.7. The third-order valence-corrected chi connectivity index (χ3v) is 5.60. The number of sulfonamides is 1. The summed E-state index contributed by atoms with van der Waals surface area (Å²) < 4.78 is 59.9. The van der Waals surface area contributed by atoms with E-state index in [1.807, 2.05) is 4.90 Å². The van der Waals surface area contributed by atoms with Crippen LogP contribution in [0.1, 0.15) is 12.5 Å². The van der Waals surface area contributed by atoms with Gasteiger partial charge in [-0.15, -0.1) is 0 Å². The molecule has 0 aliphatic carbocycles. The Balaban J connectivity index is 1.98. The monoisotopic (exact) mass is 396 g/mol. The zero-order valence-electron chi connectivity index (χ0n) is 14.8. The van der Waals surface area contributed by atoms with Gasteiger partial charge in [0.05, 0.1) is 29.4 Å². The topological polar surface area (TPSA) is 75.7 Å². The molecule has 0 aromatic heterocycles. The minimum Gasteiger partial charge on any atom is -0.490 e. The number of nitrogens with zero attached hydrogens (tertiary/aromatic N) is 1. The largest absolute Gasteiger partial charge is 0.490 e. The van der Waals surface area contributed by atoms with E-state index in [0.717, 1.165) is 12.1 Å². The summed E-state index contributed by atoms with van der Waals surface area (Å²) in [4.78, 5) is 13.2. The number of rotatable bonds is 5. The van der Waals surface area contributed by atoms with E-state index in [1.54, 1.807) is 13.0 Å². The van der Waals surface area contributed by atoms with Crippen LogP contribution >= 0.6 is 0 Å². The van der Waals surface area contributed by atoms with E-state index >= 15 is 0 Å². The lowest BCUT2D eigenvalue weighted by molar-refractivity contribution is -0.115. The lowest BCUT2D eigenvalue weighted by Gasteiger charge is -2.31. The van der Waals surface area contributed by atoms with Crippen molar-refractivity contribution in [1.82, 2.24) is 0 Å². The van der Waals surface area contributed by atoms with E-state index in [2.05, 4.69) is 4.72 Å². The number of ether oxygens (including phenoxy) is 1. The van der Waals surface area contributed by atoms with Crippen molar-refractivity contribution in [2.24, 2.45) is 0 Å². The molecule has 0 unspecified atom stereocenters. The first-order chi connectivity index (χ1) is 12.7. The van der Waals surface area contributed by atoms with Crippen LogP contribution in [-0.4, -0.2) is 33.9 Å². The van der Waals surface area contributed by atoms with Gasteiger partial charge in [0.15, 0.2) is 0 Å². The molecule has 0 fully saturated rings. The van der Waals surface area contributed by atoms with Crippen molar-refractivity contribution in [3.05, 3.63) is 47.5 Å². The highest BCUT2D eigenvalue weighted by molar-refractivity contribution is 7.92. The van der Waals surface area contributed by atoms with Crippen molar-refractivity contribution < 1.29 is 26.7 Å². The highest BCUT2D eigenvalue weighted by Gasteiger charge is 2.26. The van der Waals surface area contributed by atoms with Crippen molar-refractivity contribution in [3.63, 3.8) is 0 Å². The molecule has 0 saturated carbocycles. The first-order valence-electron chi connectivity index (χ1n) is 8.17. The van der Waals surface area contributed by atoms with Crippen molar-refractivity contribution in [2.75, 3.05) is 29.3 Å². The number of halogens is 2. The molecule has 1 aliphatic rings. The molecule has 0 radical (unpaired) electrons. The lowest BCUT2D eigenvalue weighted by Crippen LogP contribution is -2.36. The maximum absolute atomic E-state index is 13.8. The van der Waals surface area contributed by atoms with Gasteiger partial charge in [-0.2, -0.15) is 0 Å². The Kier molecular flexibility index (Phi) is 5.05. The third kappa shape index (κ3) is 4.02. The molecule has 0 bridgehead atoms. The summed E-state index contributed by atoms with van der Waals surface area (Å²) in [7, 11) is -4.13. The standard InChI is InChI=1S/C18H18F2N2O4S/c1-11-7-16-17(26-6-5-22(16)10-12(2)23)9-18(11)27(24,25)21-15-4-3-13(19)8-14(15)20/h3-4,7-9,21H,5-6,10H2,1-2H3. The zero-order valence-corrected chi connectivity index (χ0v) is 15.6. The van der Waals surface area contributed by atoms with E-state index in [0.29, 0.717) is 36.2 Å². The average Bonchev–Trinajstić information content (AvgIpc) is 2.57. The van der Waals surface area contributed by atoms with Crippen LogP contribution in [0.5, 0.6) is 5.75 Å².